The van der Waals surface area contributed by atoms with Crippen LogP contribution in [-0.2, 0) is 0 Å². The summed E-state index contributed by atoms with van der Waals surface area (Å²) >= 11 is 1.49. The van der Waals surface area contributed by atoms with Gasteiger partial charge in [-0.25, -0.2) is 4.98 Å². The largest absolute Gasteiger partial charge is 0.385 e. The molecule has 1 atom stereocenters. The molecular weight excluding hydrogens is 198 g/mol. The smallest absolute Gasteiger partial charge is 0.140 e. The number of H-pyrrole nitrogens is 1. The van der Waals surface area contributed by atoms with Crippen LogP contribution in [0.1, 0.15) is 11.8 Å². The lowest BCUT2D eigenvalue weighted by atomic mass is 10.3. The third-order valence-corrected chi connectivity index (χ3v) is 2.81. The van der Waals surface area contributed by atoms with Crippen molar-refractivity contribution in [3.8, 4) is 10.7 Å². The first-order valence-corrected chi connectivity index (χ1v) is 5.16. The quantitative estimate of drug-likeness (QED) is 0.709. The molecule has 2 rings (SSSR count). The van der Waals surface area contributed by atoms with E-state index in [0.29, 0.717) is 5.69 Å². The summed E-state index contributed by atoms with van der Waals surface area (Å²) in [5, 5.41) is 12.1. The first-order chi connectivity index (χ1) is 6.81. The monoisotopic (exact) mass is 209 g/mol. The van der Waals surface area contributed by atoms with E-state index < -0.39 is 6.10 Å². The number of aliphatic hydroxyl groups is 1. The molecule has 0 fully saturated rings. The second kappa shape index (κ2) is 3.91. The number of hydrogen-bond acceptors (Lipinski definition) is 4. The van der Waals surface area contributed by atoms with E-state index >= 15 is 0 Å². The van der Waals surface area contributed by atoms with Crippen LogP contribution in [-0.4, -0.2) is 21.6 Å². The van der Waals surface area contributed by atoms with Gasteiger partial charge in [-0.05, 0) is 12.1 Å². The molecule has 0 aliphatic rings. The van der Waals surface area contributed by atoms with Crippen LogP contribution in [0.2, 0.25) is 0 Å². The maximum Gasteiger partial charge on any atom is 0.140 e. The van der Waals surface area contributed by atoms with E-state index in [1.807, 2.05) is 23.7 Å². The van der Waals surface area contributed by atoms with Gasteiger partial charge in [-0.15, -0.1) is 11.3 Å². The average Bonchev–Trinajstić information content (AvgIpc) is 2.86. The van der Waals surface area contributed by atoms with Crippen LogP contribution in [0, 0.1) is 0 Å². The van der Waals surface area contributed by atoms with Crippen LogP contribution < -0.4 is 5.73 Å². The van der Waals surface area contributed by atoms with E-state index in [4.69, 9.17) is 5.73 Å². The third kappa shape index (κ3) is 1.70. The SMILES string of the molecule is NCC(O)c1csc(-c2ccc[nH]2)n1. The number of aromatic amines is 1. The predicted molar refractivity (Wildman–Crippen MR) is 55.9 cm³/mol. The fourth-order valence-electron chi connectivity index (χ4n) is 1.15. The molecule has 0 aliphatic carbocycles. The van der Waals surface area contributed by atoms with Crippen LogP contribution in [0.3, 0.4) is 0 Å². The summed E-state index contributed by atoms with van der Waals surface area (Å²) in [4.78, 5) is 7.34. The Morgan fingerprint density at radius 2 is 2.50 bits per heavy atom. The fourth-order valence-corrected chi connectivity index (χ4v) is 2.00. The number of nitrogens with one attached hydrogen (secondary N) is 1. The Balaban J connectivity index is 2.26. The molecule has 0 radical (unpaired) electrons. The second-order valence-electron chi connectivity index (χ2n) is 2.91. The summed E-state index contributed by atoms with van der Waals surface area (Å²) in [7, 11) is 0. The van der Waals surface area contributed by atoms with Crippen LogP contribution >= 0.6 is 11.3 Å². The number of nitrogens with zero attached hydrogens (tertiary/aromatic N) is 1. The van der Waals surface area contributed by atoms with Gasteiger partial charge in [0.15, 0.2) is 0 Å². The molecule has 2 aromatic rings. The van der Waals surface area contributed by atoms with Crippen molar-refractivity contribution in [2.45, 2.75) is 6.10 Å². The van der Waals surface area contributed by atoms with Gasteiger partial charge < -0.3 is 15.8 Å². The van der Waals surface area contributed by atoms with Gasteiger partial charge in [0.2, 0.25) is 0 Å². The molecule has 2 aromatic heterocycles. The Hall–Kier alpha value is -1.17. The van der Waals surface area contributed by atoms with Gasteiger partial charge in [-0.1, -0.05) is 0 Å². The molecule has 1 unspecified atom stereocenters. The summed E-state index contributed by atoms with van der Waals surface area (Å²) < 4.78 is 0. The van der Waals surface area contributed by atoms with E-state index in [0.717, 1.165) is 10.7 Å². The van der Waals surface area contributed by atoms with Crippen molar-refractivity contribution in [3.63, 3.8) is 0 Å². The van der Waals surface area contributed by atoms with Crippen molar-refractivity contribution in [3.05, 3.63) is 29.4 Å². The zero-order valence-electron chi connectivity index (χ0n) is 7.47. The molecule has 74 valence electrons. The van der Waals surface area contributed by atoms with Crippen molar-refractivity contribution in [1.29, 1.82) is 0 Å². The summed E-state index contributed by atoms with van der Waals surface area (Å²) in [6.07, 6.45) is 1.19. The first-order valence-electron chi connectivity index (χ1n) is 4.28. The lowest BCUT2D eigenvalue weighted by Crippen LogP contribution is -2.11. The number of aromatic nitrogens is 2. The highest BCUT2D eigenvalue weighted by Gasteiger charge is 2.10. The Morgan fingerprint density at radius 3 is 3.14 bits per heavy atom. The molecule has 0 bridgehead atoms. The number of thiazole rings is 1. The molecule has 4 N–H and O–H groups in total. The second-order valence-corrected chi connectivity index (χ2v) is 3.77. The predicted octanol–water partition coefficient (Wildman–Crippen LogP) is 1.13. The standard InChI is InChI=1S/C9H11N3OS/c10-4-8(13)7-5-14-9(12-7)6-2-1-3-11-6/h1-3,5,8,11,13H,4,10H2. The van der Waals surface area contributed by atoms with E-state index in [1.54, 1.807) is 0 Å². The topological polar surface area (TPSA) is 74.9 Å². The summed E-state index contributed by atoms with van der Waals surface area (Å²) in [6.45, 7) is 0.202. The van der Waals surface area contributed by atoms with Crippen LogP contribution in [0.5, 0.6) is 0 Å². The van der Waals surface area contributed by atoms with E-state index in [2.05, 4.69) is 9.97 Å². The lowest BCUT2D eigenvalue weighted by molar-refractivity contribution is 0.182. The van der Waals surface area contributed by atoms with Gasteiger partial charge in [0.05, 0.1) is 11.4 Å². The average molecular weight is 209 g/mol. The highest BCUT2D eigenvalue weighted by Crippen LogP contribution is 2.24. The first kappa shape index (κ1) is 9.39. The summed E-state index contributed by atoms with van der Waals surface area (Å²) in [5.41, 5.74) is 6.94. The van der Waals surface area contributed by atoms with Gasteiger partial charge in [0.25, 0.3) is 0 Å². The van der Waals surface area contributed by atoms with Gasteiger partial charge in [-0.2, -0.15) is 0 Å². The van der Waals surface area contributed by atoms with Crippen LogP contribution in [0.15, 0.2) is 23.7 Å². The van der Waals surface area contributed by atoms with Crippen molar-refractivity contribution >= 4 is 11.3 Å². The summed E-state index contributed by atoms with van der Waals surface area (Å²) in [5.74, 6) is 0. The molecule has 14 heavy (non-hydrogen) atoms. The van der Waals surface area contributed by atoms with Crippen LogP contribution in [0.4, 0.5) is 0 Å². The van der Waals surface area contributed by atoms with Gasteiger partial charge in [-0.3, -0.25) is 0 Å². The van der Waals surface area contributed by atoms with E-state index in [9.17, 15) is 5.11 Å². The molecule has 0 saturated heterocycles. The Morgan fingerprint density at radius 1 is 1.64 bits per heavy atom. The molecule has 2 heterocycles. The zero-order chi connectivity index (χ0) is 9.97. The molecular formula is C9H11N3OS. The Bertz CT molecular complexity index is 396. The normalized spacial score (nSPS) is 13.0. The van der Waals surface area contributed by atoms with Crippen LogP contribution in [0.25, 0.3) is 10.7 Å². The number of aliphatic hydroxyl groups excluding tert-OH is 1. The molecule has 0 spiro atoms. The molecule has 4 nitrogen and oxygen atoms in total. The number of hydrogen-bond donors (Lipinski definition) is 3. The number of rotatable bonds is 3. The third-order valence-electron chi connectivity index (χ3n) is 1.91. The highest BCUT2D eigenvalue weighted by molar-refractivity contribution is 7.13. The van der Waals surface area contributed by atoms with Gasteiger partial charge >= 0.3 is 0 Å². The zero-order valence-corrected chi connectivity index (χ0v) is 8.29. The fraction of sp³-hybridized carbons (Fsp3) is 0.222. The minimum atomic E-state index is -0.657. The van der Waals surface area contributed by atoms with Gasteiger partial charge in [0.1, 0.15) is 11.1 Å². The maximum atomic E-state index is 9.45. The Kier molecular flexibility index (Phi) is 2.62. The minimum absolute atomic E-state index is 0.202. The summed E-state index contributed by atoms with van der Waals surface area (Å²) in [6, 6.07) is 3.85. The van der Waals surface area contributed by atoms with Crippen molar-refractivity contribution in [1.82, 2.24) is 9.97 Å². The molecule has 0 aromatic carbocycles. The van der Waals surface area contributed by atoms with Crippen molar-refractivity contribution in [2.75, 3.05) is 6.54 Å². The Labute approximate surface area is 85.4 Å². The molecule has 0 aliphatic heterocycles. The van der Waals surface area contributed by atoms with Gasteiger partial charge in [0, 0.05) is 18.1 Å². The molecule has 0 saturated carbocycles. The van der Waals surface area contributed by atoms with Crippen molar-refractivity contribution in [2.24, 2.45) is 5.73 Å². The lowest BCUT2D eigenvalue weighted by Gasteiger charge is -2.01. The van der Waals surface area contributed by atoms with E-state index in [-0.39, 0.29) is 6.54 Å². The van der Waals surface area contributed by atoms with Crippen molar-refractivity contribution < 1.29 is 5.11 Å². The molecule has 0 amide bonds. The maximum absolute atomic E-state index is 9.45. The minimum Gasteiger partial charge on any atom is -0.385 e. The number of nitrogens with two attached hydrogens (primary N) is 1. The van der Waals surface area contributed by atoms with E-state index in [1.165, 1.54) is 11.3 Å². The molecule has 5 heteroatoms. The highest BCUT2D eigenvalue weighted by atomic mass is 32.1.